The second-order valence-electron chi connectivity index (χ2n) is 8.39. The minimum atomic E-state index is -0.336. The maximum atomic E-state index is 13.5. The largest absolute Gasteiger partial charge is 0.336 e. The Hall–Kier alpha value is -2.95. The van der Waals surface area contributed by atoms with E-state index in [-0.39, 0.29) is 17.5 Å². The molecular weight excluding hydrogens is 386 g/mol. The number of fused-ring (bicyclic) bond motifs is 1. The number of hydrogen-bond donors (Lipinski definition) is 0. The molecule has 0 aliphatic carbocycles. The van der Waals surface area contributed by atoms with Gasteiger partial charge in [-0.25, -0.2) is 4.98 Å². The third-order valence-corrected chi connectivity index (χ3v) is 6.14. The van der Waals surface area contributed by atoms with Gasteiger partial charge >= 0.3 is 0 Å². The maximum absolute atomic E-state index is 13.5. The van der Waals surface area contributed by atoms with Crippen molar-refractivity contribution in [2.24, 2.45) is 0 Å². The molecule has 0 spiro atoms. The number of carbonyl (C=O) groups is 1. The smallest absolute Gasteiger partial charge is 0.266 e. The van der Waals surface area contributed by atoms with Gasteiger partial charge < -0.3 is 4.90 Å². The molecule has 0 radical (unpaired) electrons. The van der Waals surface area contributed by atoms with Crippen LogP contribution in [0.1, 0.15) is 68.9 Å². The molecule has 5 heteroatoms. The molecule has 31 heavy (non-hydrogen) atoms. The van der Waals surface area contributed by atoms with Gasteiger partial charge in [-0.2, -0.15) is 0 Å². The van der Waals surface area contributed by atoms with Crippen LogP contribution in [0, 0.1) is 13.8 Å². The van der Waals surface area contributed by atoms with Crippen LogP contribution in [-0.2, 0) is 4.79 Å². The summed E-state index contributed by atoms with van der Waals surface area (Å²) in [5.41, 5.74) is 3.59. The van der Waals surface area contributed by atoms with E-state index >= 15 is 0 Å². The Labute approximate surface area is 184 Å². The van der Waals surface area contributed by atoms with E-state index < -0.39 is 0 Å². The molecule has 1 heterocycles. The van der Waals surface area contributed by atoms with Crippen LogP contribution in [-0.4, -0.2) is 27.4 Å². The Morgan fingerprint density at radius 3 is 2.52 bits per heavy atom. The average Bonchev–Trinajstić information content (AvgIpc) is 2.77. The Morgan fingerprint density at radius 2 is 1.81 bits per heavy atom. The van der Waals surface area contributed by atoms with E-state index in [1.54, 1.807) is 22.6 Å². The summed E-state index contributed by atoms with van der Waals surface area (Å²) in [5, 5.41) is 0.574. The van der Waals surface area contributed by atoms with E-state index in [9.17, 15) is 9.59 Å². The molecule has 0 fully saturated rings. The Bertz CT molecular complexity index is 1130. The Morgan fingerprint density at radius 1 is 1.06 bits per heavy atom. The number of hydrogen-bond acceptors (Lipinski definition) is 3. The average molecular weight is 420 g/mol. The molecule has 0 aliphatic heterocycles. The lowest BCUT2D eigenvalue weighted by Gasteiger charge is -2.27. The van der Waals surface area contributed by atoms with Crippen molar-refractivity contribution in [1.82, 2.24) is 14.5 Å². The quantitative estimate of drug-likeness (QED) is 0.454. The summed E-state index contributed by atoms with van der Waals surface area (Å²) in [5.74, 6) is 0.661. The molecule has 164 valence electrons. The highest BCUT2D eigenvalue weighted by atomic mass is 16.2. The molecule has 1 atom stereocenters. The van der Waals surface area contributed by atoms with Gasteiger partial charge in [0.1, 0.15) is 5.82 Å². The molecule has 1 amide bonds. The zero-order chi connectivity index (χ0) is 22.5. The molecule has 0 N–H and O–H groups in total. The van der Waals surface area contributed by atoms with E-state index in [1.807, 2.05) is 50.2 Å². The van der Waals surface area contributed by atoms with Crippen LogP contribution in [0.4, 0.5) is 0 Å². The van der Waals surface area contributed by atoms with Gasteiger partial charge in [0.2, 0.25) is 5.91 Å². The van der Waals surface area contributed by atoms with E-state index in [4.69, 9.17) is 4.98 Å². The highest BCUT2D eigenvalue weighted by Crippen LogP contribution is 2.24. The highest BCUT2D eigenvalue weighted by molar-refractivity contribution is 5.78. The van der Waals surface area contributed by atoms with Crippen LogP contribution in [0.15, 0.2) is 47.3 Å². The number of para-hydroxylation sites is 1. The van der Waals surface area contributed by atoms with Crippen LogP contribution < -0.4 is 5.56 Å². The van der Waals surface area contributed by atoms with Gasteiger partial charge in [-0.15, -0.1) is 0 Å². The lowest BCUT2D eigenvalue weighted by atomic mass is 10.1. The number of nitrogens with zero attached hydrogens (tertiary/aromatic N) is 3. The molecule has 5 nitrogen and oxygen atoms in total. The van der Waals surface area contributed by atoms with E-state index in [0.29, 0.717) is 23.1 Å². The highest BCUT2D eigenvalue weighted by Gasteiger charge is 2.24. The van der Waals surface area contributed by atoms with Crippen molar-refractivity contribution in [1.29, 1.82) is 0 Å². The minimum absolute atomic E-state index is 0.0812. The first-order valence-corrected chi connectivity index (χ1v) is 11.2. The molecule has 1 aromatic heterocycles. The Balaban J connectivity index is 2.06. The van der Waals surface area contributed by atoms with Crippen LogP contribution in [0.5, 0.6) is 0 Å². The first kappa shape index (κ1) is 22.7. The first-order valence-electron chi connectivity index (χ1n) is 11.2. The summed E-state index contributed by atoms with van der Waals surface area (Å²) >= 11 is 0. The van der Waals surface area contributed by atoms with Gasteiger partial charge in [0.15, 0.2) is 0 Å². The second kappa shape index (κ2) is 9.90. The van der Waals surface area contributed by atoms with Crippen molar-refractivity contribution in [3.63, 3.8) is 0 Å². The number of rotatable bonds is 8. The molecule has 0 saturated heterocycles. The minimum Gasteiger partial charge on any atom is -0.336 e. The van der Waals surface area contributed by atoms with Gasteiger partial charge in [0.05, 0.1) is 22.6 Å². The van der Waals surface area contributed by atoms with E-state index in [0.717, 1.165) is 36.9 Å². The maximum Gasteiger partial charge on any atom is 0.266 e. The fourth-order valence-electron chi connectivity index (χ4n) is 3.81. The standard InChI is InChI=1S/C26H33N3O2/c1-6-7-8-9-14-24(30)28(5)20(4)25-27-23-13-11-10-12-22(23)26(31)29(25)21-16-15-18(2)19(3)17-21/h10-13,15-17,20H,6-9,14H2,1-5H3. The topological polar surface area (TPSA) is 55.2 Å². The van der Waals surface area contributed by atoms with Gasteiger partial charge in [-0.1, -0.05) is 44.4 Å². The molecule has 3 aromatic rings. The Kier molecular flexibility index (Phi) is 7.26. The monoisotopic (exact) mass is 419 g/mol. The first-order chi connectivity index (χ1) is 14.8. The lowest BCUT2D eigenvalue weighted by molar-refractivity contribution is -0.132. The van der Waals surface area contributed by atoms with E-state index in [2.05, 4.69) is 13.8 Å². The molecule has 0 aliphatic rings. The van der Waals surface area contributed by atoms with Crippen molar-refractivity contribution in [2.45, 2.75) is 65.8 Å². The predicted octanol–water partition coefficient (Wildman–Crippen LogP) is 5.49. The van der Waals surface area contributed by atoms with Crippen molar-refractivity contribution >= 4 is 16.8 Å². The van der Waals surface area contributed by atoms with Crippen LogP contribution in [0.2, 0.25) is 0 Å². The number of aromatic nitrogens is 2. The number of aryl methyl sites for hydroxylation is 2. The fraction of sp³-hybridized carbons (Fsp3) is 0.423. The third-order valence-electron chi connectivity index (χ3n) is 6.14. The fourth-order valence-corrected chi connectivity index (χ4v) is 3.81. The predicted molar refractivity (Wildman–Crippen MR) is 127 cm³/mol. The van der Waals surface area contributed by atoms with Gasteiger partial charge in [0, 0.05) is 13.5 Å². The number of amides is 1. The van der Waals surface area contributed by atoms with Crippen molar-refractivity contribution in [3.8, 4) is 5.69 Å². The number of unbranched alkanes of at least 4 members (excludes halogenated alkanes) is 3. The molecule has 1 unspecified atom stereocenters. The summed E-state index contributed by atoms with van der Waals surface area (Å²) in [4.78, 5) is 32.9. The number of benzene rings is 2. The summed E-state index contributed by atoms with van der Waals surface area (Å²) in [7, 11) is 1.80. The summed E-state index contributed by atoms with van der Waals surface area (Å²) in [6, 6.07) is 13.0. The number of carbonyl (C=O) groups excluding carboxylic acids is 1. The molecule has 0 saturated carbocycles. The van der Waals surface area contributed by atoms with Crippen LogP contribution in [0.3, 0.4) is 0 Å². The second-order valence-corrected chi connectivity index (χ2v) is 8.39. The van der Waals surface area contributed by atoms with Crippen LogP contribution in [0.25, 0.3) is 16.6 Å². The summed E-state index contributed by atoms with van der Waals surface area (Å²) in [6.45, 7) is 8.19. The lowest BCUT2D eigenvalue weighted by Crippen LogP contribution is -2.34. The van der Waals surface area contributed by atoms with Gasteiger partial charge in [-0.3, -0.25) is 14.2 Å². The molecule has 3 rings (SSSR count). The molecule has 2 aromatic carbocycles. The summed E-state index contributed by atoms with van der Waals surface area (Å²) < 4.78 is 1.67. The van der Waals surface area contributed by atoms with Gasteiger partial charge in [-0.05, 0) is 62.6 Å². The van der Waals surface area contributed by atoms with Crippen molar-refractivity contribution < 1.29 is 4.79 Å². The zero-order valence-electron chi connectivity index (χ0n) is 19.3. The van der Waals surface area contributed by atoms with Crippen LogP contribution >= 0.6 is 0 Å². The van der Waals surface area contributed by atoms with Gasteiger partial charge in [0.25, 0.3) is 5.56 Å². The molecule has 0 bridgehead atoms. The SMILES string of the molecule is CCCCCCC(=O)N(C)C(C)c1nc2ccccc2c(=O)n1-c1ccc(C)c(C)c1. The zero-order valence-corrected chi connectivity index (χ0v) is 19.3. The molecular formula is C26H33N3O2. The normalized spacial score (nSPS) is 12.2. The van der Waals surface area contributed by atoms with Crippen molar-refractivity contribution in [2.75, 3.05) is 7.05 Å². The van der Waals surface area contributed by atoms with E-state index in [1.165, 1.54) is 5.56 Å². The van der Waals surface area contributed by atoms with Crippen molar-refractivity contribution in [3.05, 3.63) is 69.8 Å². The summed E-state index contributed by atoms with van der Waals surface area (Å²) in [6.07, 6.45) is 4.75. The third kappa shape index (κ3) is 4.87.